The molecule has 0 aliphatic carbocycles. The van der Waals surface area contributed by atoms with E-state index in [2.05, 4.69) is 18.8 Å². The third-order valence-corrected chi connectivity index (χ3v) is 3.78. The Bertz CT molecular complexity index is 519. The van der Waals surface area contributed by atoms with E-state index in [1.807, 2.05) is 13.0 Å². The highest BCUT2D eigenvalue weighted by Crippen LogP contribution is 2.37. The van der Waals surface area contributed by atoms with Gasteiger partial charge in [-0.25, -0.2) is 4.98 Å². The van der Waals surface area contributed by atoms with Crippen LogP contribution < -0.4 is 9.47 Å². The molecular weight excluding hydrogens is 222 g/mol. The van der Waals surface area contributed by atoms with Crippen LogP contribution in [0.5, 0.6) is 11.6 Å². The summed E-state index contributed by atoms with van der Waals surface area (Å²) in [5.41, 5.74) is 2.20. The molecule has 0 atom stereocenters. The van der Waals surface area contributed by atoms with Gasteiger partial charge in [-0.2, -0.15) is 0 Å². The number of ether oxygens (including phenoxy) is 2. The zero-order valence-corrected chi connectivity index (χ0v) is 10.8. The maximum absolute atomic E-state index is 5.43. The first kappa shape index (κ1) is 11.2. The van der Waals surface area contributed by atoms with Crippen molar-refractivity contribution < 1.29 is 9.47 Å². The molecule has 0 unspecified atom stereocenters. The number of nitrogens with zero attached hydrogens (tertiary/aromatic N) is 1. The predicted octanol–water partition coefficient (Wildman–Crippen LogP) is 3.32. The first-order valence-corrected chi connectivity index (χ1v) is 6.06. The van der Waals surface area contributed by atoms with Gasteiger partial charge in [0.05, 0.1) is 23.9 Å². The van der Waals surface area contributed by atoms with Crippen LogP contribution in [-0.2, 0) is 0 Å². The standard InChI is InChI=1S/C12H15NO2S/c1-5-15-10-6-9(14-4)12-11(13-10)7(2)8(3)16-12/h6H,5H2,1-4H3. The van der Waals surface area contributed by atoms with E-state index in [-0.39, 0.29) is 0 Å². The molecule has 2 rings (SSSR count). The van der Waals surface area contributed by atoms with E-state index in [9.17, 15) is 0 Å². The van der Waals surface area contributed by atoms with E-state index >= 15 is 0 Å². The molecule has 0 bridgehead atoms. The van der Waals surface area contributed by atoms with E-state index in [1.165, 1.54) is 10.4 Å². The lowest BCUT2D eigenvalue weighted by Gasteiger charge is -2.06. The highest BCUT2D eigenvalue weighted by molar-refractivity contribution is 7.19. The van der Waals surface area contributed by atoms with E-state index in [0.29, 0.717) is 12.5 Å². The molecule has 4 heteroatoms. The minimum absolute atomic E-state index is 0.615. The molecule has 0 N–H and O–H groups in total. The summed E-state index contributed by atoms with van der Waals surface area (Å²) >= 11 is 1.71. The second kappa shape index (κ2) is 4.29. The number of hydrogen-bond acceptors (Lipinski definition) is 4. The molecule has 2 aromatic heterocycles. The first-order valence-electron chi connectivity index (χ1n) is 5.25. The van der Waals surface area contributed by atoms with Crippen molar-refractivity contribution in [2.75, 3.05) is 13.7 Å². The van der Waals surface area contributed by atoms with Crippen LogP contribution in [0.25, 0.3) is 10.2 Å². The molecule has 0 amide bonds. The molecule has 0 radical (unpaired) electrons. The summed E-state index contributed by atoms with van der Waals surface area (Å²) in [6.07, 6.45) is 0. The van der Waals surface area contributed by atoms with Crippen molar-refractivity contribution >= 4 is 21.6 Å². The Morgan fingerprint density at radius 3 is 2.75 bits per heavy atom. The number of thiophene rings is 1. The lowest BCUT2D eigenvalue weighted by Crippen LogP contribution is -1.95. The number of fused-ring (bicyclic) bond motifs is 1. The minimum Gasteiger partial charge on any atom is -0.495 e. The van der Waals surface area contributed by atoms with E-state index in [4.69, 9.17) is 9.47 Å². The fraction of sp³-hybridized carbons (Fsp3) is 0.417. The fourth-order valence-corrected chi connectivity index (χ4v) is 2.70. The molecule has 0 aliphatic heterocycles. The molecule has 2 heterocycles. The van der Waals surface area contributed by atoms with Gasteiger partial charge in [-0.1, -0.05) is 0 Å². The Hall–Kier alpha value is -1.29. The summed E-state index contributed by atoms with van der Waals surface area (Å²) in [5.74, 6) is 1.47. The van der Waals surface area contributed by atoms with Crippen LogP contribution in [0.1, 0.15) is 17.4 Å². The number of aryl methyl sites for hydroxylation is 2. The van der Waals surface area contributed by atoms with Gasteiger partial charge in [0.15, 0.2) is 0 Å². The molecule has 0 aliphatic rings. The third kappa shape index (κ3) is 1.73. The quantitative estimate of drug-likeness (QED) is 0.820. The number of pyridine rings is 1. The maximum Gasteiger partial charge on any atom is 0.217 e. The van der Waals surface area contributed by atoms with E-state index < -0.39 is 0 Å². The fourth-order valence-electron chi connectivity index (χ4n) is 1.61. The van der Waals surface area contributed by atoms with Crippen molar-refractivity contribution in [3.63, 3.8) is 0 Å². The van der Waals surface area contributed by atoms with Crippen molar-refractivity contribution in [3.8, 4) is 11.6 Å². The predicted molar refractivity (Wildman–Crippen MR) is 66.8 cm³/mol. The van der Waals surface area contributed by atoms with Crippen molar-refractivity contribution in [1.29, 1.82) is 0 Å². The topological polar surface area (TPSA) is 31.4 Å². The van der Waals surface area contributed by atoms with Gasteiger partial charge < -0.3 is 9.47 Å². The zero-order chi connectivity index (χ0) is 11.7. The van der Waals surface area contributed by atoms with Gasteiger partial charge in [0.25, 0.3) is 0 Å². The molecule has 0 fully saturated rings. The van der Waals surface area contributed by atoms with Gasteiger partial charge in [-0.15, -0.1) is 11.3 Å². The second-order valence-corrected chi connectivity index (χ2v) is 4.78. The first-order chi connectivity index (χ1) is 7.67. The lowest BCUT2D eigenvalue weighted by molar-refractivity contribution is 0.325. The largest absolute Gasteiger partial charge is 0.495 e. The second-order valence-electron chi connectivity index (χ2n) is 3.56. The van der Waals surface area contributed by atoms with Gasteiger partial charge in [0, 0.05) is 10.9 Å². The SMILES string of the molecule is CCOc1cc(OC)c2sc(C)c(C)c2n1. The average Bonchev–Trinajstić information content (AvgIpc) is 2.56. The summed E-state index contributed by atoms with van der Waals surface area (Å²) in [4.78, 5) is 5.77. The highest BCUT2D eigenvalue weighted by Gasteiger charge is 2.13. The summed E-state index contributed by atoms with van der Waals surface area (Å²) in [6.45, 7) is 6.74. The maximum atomic E-state index is 5.43. The molecular formula is C12H15NO2S. The minimum atomic E-state index is 0.615. The Morgan fingerprint density at radius 1 is 1.38 bits per heavy atom. The van der Waals surface area contributed by atoms with Crippen LogP contribution in [0.2, 0.25) is 0 Å². The van der Waals surface area contributed by atoms with Gasteiger partial charge in [0.1, 0.15) is 5.75 Å². The van der Waals surface area contributed by atoms with E-state index in [1.54, 1.807) is 18.4 Å². The lowest BCUT2D eigenvalue weighted by atomic mass is 10.2. The molecule has 86 valence electrons. The van der Waals surface area contributed by atoms with Crippen LogP contribution in [0.3, 0.4) is 0 Å². The van der Waals surface area contributed by atoms with Gasteiger partial charge in [-0.3, -0.25) is 0 Å². The normalized spacial score (nSPS) is 10.8. The van der Waals surface area contributed by atoms with Gasteiger partial charge in [0.2, 0.25) is 5.88 Å². The van der Waals surface area contributed by atoms with Crippen LogP contribution in [0.15, 0.2) is 6.07 Å². The van der Waals surface area contributed by atoms with Crippen LogP contribution in [-0.4, -0.2) is 18.7 Å². The Labute approximate surface area is 99.0 Å². The highest BCUT2D eigenvalue weighted by atomic mass is 32.1. The molecule has 16 heavy (non-hydrogen) atoms. The van der Waals surface area contributed by atoms with Crippen molar-refractivity contribution in [2.45, 2.75) is 20.8 Å². The smallest absolute Gasteiger partial charge is 0.217 e. The molecule has 0 aromatic carbocycles. The van der Waals surface area contributed by atoms with Crippen molar-refractivity contribution in [3.05, 3.63) is 16.5 Å². The summed E-state index contributed by atoms with van der Waals surface area (Å²) in [7, 11) is 1.68. The monoisotopic (exact) mass is 237 g/mol. The zero-order valence-electron chi connectivity index (χ0n) is 9.96. The summed E-state index contributed by atoms with van der Waals surface area (Å²) in [5, 5.41) is 0. The molecule has 0 spiro atoms. The third-order valence-electron chi connectivity index (χ3n) is 2.57. The number of rotatable bonds is 3. The van der Waals surface area contributed by atoms with Crippen molar-refractivity contribution in [2.24, 2.45) is 0 Å². The molecule has 0 saturated carbocycles. The molecule has 3 nitrogen and oxygen atoms in total. The van der Waals surface area contributed by atoms with Crippen LogP contribution >= 0.6 is 11.3 Å². The molecule has 2 aromatic rings. The number of methoxy groups -OCH3 is 1. The molecule has 0 saturated heterocycles. The summed E-state index contributed by atoms with van der Waals surface area (Å²) < 4.78 is 11.9. The Kier molecular flexibility index (Phi) is 3.01. The van der Waals surface area contributed by atoms with Gasteiger partial charge in [-0.05, 0) is 26.3 Å². The van der Waals surface area contributed by atoms with Crippen LogP contribution in [0, 0.1) is 13.8 Å². The van der Waals surface area contributed by atoms with Gasteiger partial charge >= 0.3 is 0 Å². The van der Waals surface area contributed by atoms with Crippen LogP contribution in [0.4, 0.5) is 0 Å². The van der Waals surface area contributed by atoms with Crippen molar-refractivity contribution in [1.82, 2.24) is 4.98 Å². The number of aromatic nitrogens is 1. The van der Waals surface area contributed by atoms with E-state index in [0.717, 1.165) is 16.0 Å². The summed E-state index contributed by atoms with van der Waals surface area (Å²) in [6, 6.07) is 1.85. The average molecular weight is 237 g/mol. The Morgan fingerprint density at radius 2 is 2.12 bits per heavy atom. The Balaban J connectivity index is 2.68. The number of hydrogen-bond donors (Lipinski definition) is 0.